The van der Waals surface area contributed by atoms with E-state index in [9.17, 15) is 0 Å². The first kappa shape index (κ1) is 34.6. The Morgan fingerprint density at radius 2 is 1.06 bits per heavy atom. The zero-order chi connectivity index (χ0) is 22.3. The Labute approximate surface area is 234 Å². The van der Waals surface area contributed by atoms with Gasteiger partial charge in [-0.3, -0.25) is 0 Å². The monoisotopic (exact) mass is 626 g/mol. The molecule has 0 amide bonds. The molecule has 0 spiro atoms. The van der Waals surface area contributed by atoms with Gasteiger partial charge in [-0.25, -0.2) is 0 Å². The van der Waals surface area contributed by atoms with Crippen LogP contribution >= 0.6 is 0 Å². The number of benzene rings is 2. The number of nitrogens with one attached hydrogen (secondary N) is 3. The fourth-order valence-electron chi connectivity index (χ4n) is 3.93. The molecule has 0 bridgehead atoms. The van der Waals surface area contributed by atoms with Crippen LogP contribution < -0.4 is 49.9 Å². The largest absolute Gasteiger partial charge is 2.00 e. The first-order chi connectivity index (χ1) is 14.2. The topological polar surface area (TPSA) is 36.1 Å². The van der Waals surface area contributed by atoms with Crippen molar-refractivity contribution in [3.8, 4) is 0 Å². The summed E-state index contributed by atoms with van der Waals surface area (Å²) in [7, 11) is 0. The van der Waals surface area contributed by atoms with Gasteiger partial charge in [0, 0.05) is 37.6 Å². The van der Waals surface area contributed by atoms with E-state index in [2.05, 4.69) is 102 Å². The fraction of sp³-hybridized carbons (Fsp3) is 0.556. The number of rotatable bonds is 11. The molecule has 0 aromatic heterocycles. The van der Waals surface area contributed by atoms with Gasteiger partial charge >= 0.3 is 16.8 Å². The van der Waals surface area contributed by atoms with Crippen LogP contribution in [0.2, 0.25) is 0 Å². The summed E-state index contributed by atoms with van der Waals surface area (Å²) in [5.74, 6) is 1.58. The van der Waals surface area contributed by atoms with Crippen molar-refractivity contribution in [1.82, 2.24) is 5.32 Å². The Bertz CT molecular complexity index is 774. The Balaban J connectivity index is 0. The molecule has 2 aromatic carbocycles. The van der Waals surface area contributed by atoms with Crippen LogP contribution in [0.1, 0.15) is 87.1 Å². The summed E-state index contributed by atoms with van der Waals surface area (Å²) < 4.78 is 0. The summed E-state index contributed by atoms with van der Waals surface area (Å²) in [5.41, 5.74) is 9.57. The Kier molecular flexibility index (Phi) is 17.8. The van der Waals surface area contributed by atoms with E-state index in [4.69, 9.17) is 0 Å². The number of hydrogen-bond donors (Lipinski definition) is 3. The second kappa shape index (κ2) is 17.0. The predicted octanol–water partition coefficient (Wildman–Crippen LogP) is 0.793. The van der Waals surface area contributed by atoms with Gasteiger partial charge in [-0.2, -0.15) is 0 Å². The molecular weight excluding hydrogens is 585 g/mol. The van der Waals surface area contributed by atoms with Crippen LogP contribution in [-0.4, -0.2) is 26.2 Å². The minimum atomic E-state index is 0. The molecule has 3 N–H and O–H groups in total. The molecule has 0 aliphatic carbocycles. The van der Waals surface area contributed by atoms with Gasteiger partial charge in [0.25, 0.3) is 0 Å². The van der Waals surface area contributed by atoms with E-state index in [1.807, 2.05) is 0 Å². The molecule has 2 aromatic rings. The van der Waals surface area contributed by atoms with E-state index in [0.29, 0.717) is 17.8 Å². The average molecular weight is 628 g/mol. The van der Waals surface area contributed by atoms with Crippen LogP contribution in [0.15, 0.2) is 30.3 Å². The standard InChI is InChI=1S/C27H43N3.2BrH.Co/c1-18(2)23-16-24(19(3)4)27(25(17-23)20(5)6)30-15-13-28-12-14-29-26-21(7)10-9-11-22(26)8;;;/h9-11,16-20,28-30H,12-15H2,1-8H3;2*1H;/q;;;+2/p-2. The van der Waals surface area contributed by atoms with Gasteiger partial charge in [0.2, 0.25) is 0 Å². The fourth-order valence-corrected chi connectivity index (χ4v) is 3.93. The second-order valence-electron chi connectivity index (χ2n) is 9.41. The number of aryl methyl sites for hydroxylation is 2. The quantitative estimate of drug-likeness (QED) is 0.323. The van der Waals surface area contributed by atoms with E-state index < -0.39 is 0 Å². The molecule has 2 rings (SSSR count). The van der Waals surface area contributed by atoms with Crippen LogP contribution in [0.4, 0.5) is 11.4 Å². The molecule has 0 unspecified atom stereocenters. The maximum absolute atomic E-state index is 3.75. The van der Waals surface area contributed by atoms with E-state index >= 15 is 0 Å². The second-order valence-corrected chi connectivity index (χ2v) is 9.41. The van der Waals surface area contributed by atoms with E-state index in [1.165, 1.54) is 39.2 Å². The first-order valence-electron chi connectivity index (χ1n) is 11.6. The van der Waals surface area contributed by atoms with E-state index in [0.717, 1.165) is 26.2 Å². The third kappa shape index (κ3) is 10.3. The van der Waals surface area contributed by atoms with Crippen molar-refractivity contribution in [2.45, 2.75) is 73.1 Å². The normalized spacial score (nSPS) is 10.5. The predicted molar refractivity (Wildman–Crippen MR) is 134 cm³/mol. The van der Waals surface area contributed by atoms with Gasteiger partial charge in [-0.1, -0.05) is 71.9 Å². The molecule has 0 fully saturated rings. The summed E-state index contributed by atoms with van der Waals surface area (Å²) in [4.78, 5) is 0. The Morgan fingerprint density at radius 1 is 0.636 bits per heavy atom. The van der Waals surface area contributed by atoms with Gasteiger partial charge in [0.05, 0.1) is 0 Å². The van der Waals surface area contributed by atoms with Crippen molar-refractivity contribution in [2.75, 3.05) is 36.8 Å². The molecule has 0 saturated heterocycles. The van der Waals surface area contributed by atoms with Crippen molar-refractivity contribution in [3.05, 3.63) is 58.1 Å². The van der Waals surface area contributed by atoms with E-state index in [-0.39, 0.29) is 50.7 Å². The molecule has 33 heavy (non-hydrogen) atoms. The van der Waals surface area contributed by atoms with Crippen LogP contribution in [-0.2, 0) is 16.8 Å². The van der Waals surface area contributed by atoms with Gasteiger partial charge in [0.15, 0.2) is 0 Å². The maximum Gasteiger partial charge on any atom is 2.00 e. The van der Waals surface area contributed by atoms with Crippen molar-refractivity contribution >= 4 is 11.4 Å². The van der Waals surface area contributed by atoms with Gasteiger partial charge in [-0.05, 0) is 59.4 Å². The number of para-hydroxylation sites is 1. The van der Waals surface area contributed by atoms with Gasteiger partial charge < -0.3 is 49.9 Å². The Hall–Kier alpha value is -0.534. The molecular formula is C27H43Br2CoN3. The number of anilines is 2. The molecule has 0 heterocycles. The molecule has 6 heteroatoms. The van der Waals surface area contributed by atoms with Crippen molar-refractivity contribution in [1.29, 1.82) is 0 Å². The average Bonchev–Trinajstić information content (AvgIpc) is 2.68. The minimum Gasteiger partial charge on any atom is -1.00 e. The van der Waals surface area contributed by atoms with Crippen molar-refractivity contribution in [3.63, 3.8) is 0 Å². The SMILES string of the molecule is Cc1cccc(C)c1NCCNCCNc1c(C(C)C)cc(C(C)C)cc1C(C)C.[Br-].[Br-].[Co+2]. The van der Waals surface area contributed by atoms with Gasteiger partial charge in [-0.15, -0.1) is 0 Å². The smallest absolute Gasteiger partial charge is 1.00 e. The number of halogens is 2. The van der Waals surface area contributed by atoms with Crippen molar-refractivity contribution in [2.24, 2.45) is 0 Å². The van der Waals surface area contributed by atoms with Gasteiger partial charge in [0.1, 0.15) is 0 Å². The molecule has 1 radical (unpaired) electrons. The van der Waals surface area contributed by atoms with Crippen LogP contribution in [0, 0.1) is 13.8 Å². The summed E-state index contributed by atoms with van der Waals surface area (Å²) in [6.45, 7) is 21.9. The van der Waals surface area contributed by atoms with Crippen LogP contribution in [0.3, 0.4) is 0 Å². The van der Waals surface area contributed by atoms with Crippen LogP contribution in [0.5, 0.6) is 0 Å². The number of hydrogen-bond acceptors (Lipinski definition) is 3. The zero-order valence-electron chi connectivity index (χ0n) is 21.5. The van der Waals surface area contributed by atoms with Crippen molar-refractivity contribution < 1.29 is 50.7 Å². The zero-order valence-corrected chi connectivity index (χ0v) is 25.7. The molecule has 0 aliphatic rings. The first-order valence-corrected chi connectivity index (χ1v) is 11.6. The summed E-state index contributed by atoms with van der Waals surface area (Å²) in [6, 6.07) is 11.3. The Morgan fingerprint density at radius 3 is 1.45 bits per heavy atom. The molecule has 0 aliphatic heterocycles. The van der Waals surface area contributed by atoms with E-state index in [1.54, 1.807) is 0 Å². The molecule has 189 valence electrons. The molecule has 3 nitrogen and oxygen atoms in total. The minimum absolute atomic E-state index is 0. The summed E-state index contributed by atoms with van der Waals surface area (Å²) >= 11 is 0. The molecule has 0 saturated carbocycles. The van der Waals surface area contributed by atoms with Crippen LogP contribution in [0.25, 0.3) is 0 Å². The summed E-state index contributed by atoms with van der Waals surface area (Å²) in [5, 5.41) is 10.9. The third-order valence-corrected chi connectivity index (χ3v) is 5.82. The summed E-state index contributed by atoms with van der Waals surface area (Å²) in [6.07, 6.45) is 0. The third-order valence-electron chi connectivity index (χ3n) is 5.82. The molecule has 0 atom stereocenters. The maximum atomic E-state index is 3.75.